The highest BCUT2D eigenvalue weighted by Crippen LogP contribution is 2.26. The number of halogens is 1. The van der Waals surface area contributed by atoms with Gasteiger partial charge >= 0.3 is 0 Å². The molecule has 1 N–H and O–H groups in total. The first-order chi connectivity index (χ1) is 13.0. The van der Waals surface area contributed by atoms with Crippen molar-refractivity contribution in [3.8, 4) is 5.69 Å². The SMILES string of the molecule is Cc1cc(C(=O)NC2CCCCC2)c2c(C)nn(-c3cccc(F)c3)c2n1. The van der Waals surface area contributed by atoms with E-state index in [1.165, 1.54) is 18.6 Å². The molecule has 1 aliphatic rings. The zero-order chi connectivity index (χ0) is 19.0. The lowest BCUT2D eigenvalue weighted by molar-refractivity contribution is 0.0929. The van der Waals surface area contributed by atoms with Crippen molar-refractivity contribution < 1.29 is 9.18 Å². The van der Waals surface area contributed by atoms with Gasteiger partial charge < -0.3 is 5.32 Å². The predicted molar refractivity (Wildman–Crippen MR) is 103 cm³/mol. The Bertz CT molecular complexity index is 1000. The summed E-state index contributed by atoms with van der Waals surface area (Å²) in [6.07, 6.45) is 5.62. The molecule has 0 aliphatic heterocycles. The molecular weight excluding hydrogens is 343 g/mol. The van der Waals surface area contributed by atoms with Gasteiger partial charge in [0, 0.05) is 11.7 Å². The van der Waals surface area contributed by atoms with Crippen LogP contribution in [0.2, 0.25) is 0 Å². The minimum atomic E-state index is -0.336. The van der Waals surface area contributed by atoms with E-state index in [9.17, 15) is 9.18 Å². The molecule has 140 valence electrons. The predicted octanol–water partition coefficient (Wildman–Crippen LogP) is 4.24. The second kappa shape index (κ2) is 7.10. The molecule has 2 heterocycles. The maximum absolute atomic E-state index is 13.7. The van der Waals surface area contributed by atoms with Crippen LogP contribution in [0.4, 0.5) is 4.39 Å². The maximum Gasteiger partial charge on any atom is 0.252 e. The molecule has 0 radical (unpaired) electrons. The quantitative estimate of drug-likeness (QED) is 0.754. The fraction of sp³-hybridized carbons (Fsp3) is 0.381. The summed E-state index contributed by atoms with van der Waals surface area (Å²) in [5.74, 6) is -0.420. The molecule has 2 aromatic heterocycles. The van der Waals surface area contributed by atoms with Crippen molar-refractivity contribution in [2.24, 2.45) is 0 Å². The Hall–Kier alpha value is -2.76. The van der Waals surface area contributed by atoms with E-state index >= 15 is 0 Å². The summed E-state index contributed by atoms with van der Waals surface area (Å²) >= 11 is 0. The number of aryl methyl sites for hydroxylation is 2. The molecule has 1 aromatic carbocycles. The molecule has 4 rings (SSSR count). The average Bonchev–Trinajstić information content (AvgIpc) is 2.98. The molecule has 0 unspecified atom stereocenters. The van der Waals surface area contributed by atoms with Crippen LogP contribution in [-0.2, 0) is 0 Å². The molecule has 0 atom stereocenters. The van der Waals surface area contributed by atoms with Crippen LogP contribution in [0.1, 0.15) is 53.8 Å². The van der Waals surface area contributed by atoms with Crippen molar-refractivity contribution in [2.45, 2.75) is 52.0 Å². The van der Waals surface area contributed by atoms with Gasteiger partial charge in [-0.05, 0) is 51.0 Å². The molecule has 1 amide bonds. The van der Waals surface area contributed by atoms with Gasteiger partial charge in [-0.15, -0.1) is 0 Å². The number of fused-ring (bicyclic) bond motifs is 1. The highest BCUT2D eigenvalue weighted by molar-refractivity contribution is 6.06. The van der Waals surface area contributed by atoms with Crippen LogP contribution in [0.5, 0.6) is 0 Å². The first kappa shape index (κ1) is 17.6. The fourth-order valence-electron chi connectivity index (χ4n) is 3.89. The number of aromatic nitrogens is 3. The van der Waals surface area contributed by atoms with E-state index in [4.69, 9.17) is 0 Å². The largest absolute Gasteiger partial charge is 0.349 e. The van der Waals surface area contributed by atoms with Gasteiger partial charge in [0.25, 0.3) is 5.91 Å². The molecule has 6 heteroatoms. The number of nitrogens with zero attached hydrogens (tertiary/aromatic N) is 3. The van der Waals surface area contributed by atoms with E-state index in [2.05, 4.69) is 15.4 Å². The Labute approximate surface area is 157 Å². The van der Waals surface area contributed by atoms with Gasteiger partial charge in [-0.25, -0.2) is 14.1 Å². The van der Waals surface area contributed by atoms with E-state index in [0.29, 0.717) is 22.6 Å². The maximum atomic E-state index is 13.7. The number of carbonyl (C=O) groups excluding carboxylic acids is 1. The van der Waals surface area contributed by atoms with Gasteiger partial charge in [0.15, 0.2) is 5.65 Å². The van der Waals surface area contributed by atoms with E-state index in [0.717, 1.165) is 36.8 Å². The number of amides is 1. The fourth-order valence-corrected chi connectivity index (χ4v) is 3.89. The molecule has 27 heavy (non-hydrogen) atoms. The Balaban J connectivity index is 1.79. The lowest BCUT2D eigenvalue weighted by atomic mass is 9.95. The van der Waals surface area contributed by atoms with E-state index in [-0.39, 0.29) is 17.8 Å². The van der Waals surface area contributed by atoms with Crippen molar-refractivity contribution in [2.75, 3.05) is 0 Å². The van der Waals surface area contributed by atoms with E-state index in [1.54, 1.807) is 16.8 Å². The Morgan fingerprint density at radius 3 is 2.70 bits per heavy atom. The molecule has 3 aromatic rings. The summed E-state index contributed by atoms with van der Waals surface area (Å²) < 4.78 is 15.3. The van der Waals surface area contributed by atoms with Gasteiger partial charge in [-0.3, -0.25) is 4.79 Å². The standard InChI is InChI=1S/C21H23FN4O/c1-13-11-18(21(27)24-16-8-4-3-5-9-16)19-14(2)25-26(20(19)23-13)17-10-6-7-15(22)12-17/h6-7,10-12,16H,3-5,8-9H2,1-2H3,(H,24,27). The number of nitrogens with one attached hydrogen (secondary N) is 1. The van der Waals surface area contributed by atoms with Crippen LogP contribution in [0.3, 0.4) is 0 Å². The molecular formula is C21H23FN4O. The smallest absolute Gasteiger partial charge is 0.252 e. The minimum Gasteiger partial charge on any atom is -0.349 e. The van der Waals surface area contributed by atoms with Gasteiger partial charge in [0.1, 0.15) is 5.82 Å². The summed E-state index contributed by atoms with van der Waals surface area (Å²) in [6.45, 7) is 3.71. The summed E-state index contributed by atoms with van der Waals surface area (Å²) in [7, 11) is 0. The third-order valence-electron chi connectivity index (χ3n) is 5.18. The molecule has 0 bridgehead atoms. The van der Waals surface area contributed by atoms with Crippen LogP contribution in [-0.4, -0.2) is 26.7 Å². The van der Waals surface area contributed by atoms with Crippen LogP contribution in [0.25, 0.3) is 16.7 Å². The van der Waals surface area contributed by atoms with Crippen molar-refractivity contribution >= 4 is 16.9 Å². The number of benzene rings is 1. The molecule has 5 nitrogen and oxygen atoms in total. The molecule has 1 saturated carbocycles. The van der Waals surface area contributed by atoms with Crippen LogP contribution in [0.15, 0.2) is 30.3 Å². The highest BCUT2D eigenvalue weighted by atomic mass is 19.1. The average molecular weight is 366 g/mol. The first-order valence-corrected chi connectivity index (χ1v) is 9.47. The lowest BCUT2D eigenvalue weighted by Gasteiger charge is -2.23. The number of carbonyl (C=O) groups is 1. The lowest BCUT2D eigenvalue weighted by Crippen LogP contribution is -2.36. The molecule has 0 saturated heterocycles. The van der Waals surface area contributed by atoms with Gasteiger partial charge in [-0.1, -0.05) is 25.3 Å². The topological polar surface area (TPSA) is 59.8 Å². The van der Waals surface area contributed by atoms with Gasteiger partial charge in [0.2, 0.25) is 0 Å². The third-order valence-corrected chi connectivity index (χ3v) is 5.18. The van der Waals surface area contributed by atoms with Crippen molar-refractivity contribution in [3.63, 3.8) is 0 Å². The summed E-state index contributed by atoms with van der Waals surface area (Å²) in [5.41, 5.74) is 3.18. The number of hydrogen-bond donors (Lipinski definition) is 1. The van der Waals surface area contributed by atoms with Crippen molar-refractivity contribution in [1.29, 1.82) is 0 Å². The summed E-state index contributed by atoms with van der Waals surface area (Å²) in [4.78, 5) is 17.6. The molecule has 0 spiro atoms. The van der Waals surface area contributed by atoms with Crippen molar-refractivity contribution in [1.82, 2.24) is 20.1 Å². The molecule has 1 aliphatic carbocycles. The van der Waals surface area contributed by atoms with Crippen molar-refractivity contribution in [3.05, 3.63) is 53.1 Å². The Morgan fingerprint density at radius 2 is 1.96 bits per heavy atom. The third kappa shape index (κ3) is 3.44. The zero-order valence-corrected chi connectivity index (χ0v) is 15.6. The zero-order valence-electron chi connectivity index (χ0n) is 15.6. The van der Waals surface area contributed by atoms with Crippen LogP contribution in [0, 0.1) is 19.7 Å². The summed E-state index contributed by atoms with van der Waals surface area (Å²) in [6, 6.07) is 8.26. The van der Waals surface area contributed by atoms with Gasteiger partial charge in [-0.2, -0.15) is 5.10 Å². The first-order valence-electron chi connectivity index (χ1n) is 9.47. The number of rotatable bonds is 3. The Morgan fingerprint density at radius 1 is 1.19 bits per heavy atom. The minimum absolute atomic E-state index is 0.0840. The van der Waals surface area contributed by atoms with Gasteiger partial charge in [0.05, 0.1) is 22.3 Å². The van der Waals surface area contributed by atoms with E-state index < -0.39 is 0 Å². The summed E-state index contributed by atoms with van der Waals surface area (Å²) in [5, 5.41) is 8.44. The van der Waals surface area contributed by atoms with E-state index in [1.807, 2.05) is 19.9 Å². The second-order valence-electron chi connectivity index (χ2n) is 7.30. The normalized spacial score (nSPS) is 15.2. The Kier molecular flexibility index (Phi) is 4.64. The second-order valence-corrected chi connectivity index (χ2v) is 7.30. The number of pyridine rings is 1. The monoisotopic (exact) mass is 366 g/mol. The molecule has 1 fully saturated rings. The highest BCUT2D eigenvalue weighted by Gasteiger charge is 2.22. The number of hydrogen-bond acceptors (Lipinski definition) is 3. The van der Waals surface area contributed by atoms with Crippen LogP contribution < -0.4 is 5.32 Å². The van der Waals surface area contributed by atoms with Crippen LogP contribution >= 0.6 is 0 Å².